The van der Waals surface area contributed by atoms with Crippen LogP contribution < -0.4 is 5.32 Å². The molecule has 0 radical (unpaired) electrons. The average Bonchev–Trinajstić information content (AvgIpc) is 3.15. The van der Waals surface area contributed by atoms with Crippen molar-refractivity contribution in [3.05, 3.63) is 59.9 Å². The maximum atomic E-state index is 13.1. The lowest BCUT2D eigenvalue weighted by molar-refractivity contribution is 0.0698. The average molecular weight is 471 g/mol. The molecule has 2 aliphatic heterocycles. The lowest BCUT2D eigenvalue weighted by atomic mass is 10.0. The van der Waals surface area contributed by atoms with Crippen molar-refractivity contribution in [1.82, 2.24) is 19.5 Å². The van der Waals surface area contributed by atoms with Crippen LogP contribution in [0.3, 0.4) is 0 Å². The van der Waals surface area contributed by atoms with E-state index in [0.29, 0.717) is 50.1 Å². The van der Waals surface area contributed by atoms with Gasteiger partial charge in [0.15, 0.2) is 0 Å². The Kier molecular flexibility index (Phi) is 7.39. The molecule has 0 atom stereocenters. The molecule has 4 rings (SSSR count). The summed E-state index contributed by atoms with van der Waals surface area (Å²) in [6.45, 7) is 2.05. The van der Waals surface area contributed by atoms with Crippen molar-refractivity contribution in [3.63, 3.8) is 0 Å². The number of benzene rings is 1. The molecule has 2 saturated heterocycles. The van der Waals surface area contributed by atoms with Crippen LogP contribution in [0, 0.1) is 0 Å². The van der Waals surface area contributed by atoms with E-state index in [1.807, 2.05) is 0 Å². The van der Waals surface area contributed by atoms with Gasteiger partial charge in [0, 0.05) is 50.2 Å². The number of carbonyl (C=O) groups is 2. The Labute approximate surface area is 195 Å². The number of piperidine rings is 1. The first-order valence-electron chi connectivity index (χ1n) is 11.6. The number of nitrogens with zero attached hydrogens (tertiary/aromatic N) is 3. The summed E-state index contributed by atoms with van der Waals surface area (Å²) < 4.78 is 27.8. The predicted octanol–water partition coefficient (Wildman–Crippen LogP) is 2.68. The van der Waals surface area contributed by atoms with Crippen molar-refractivity contribution in [3.8, 4) is 0 Å². The van der Waals surface area contributed by atoms with Crippen molar-refractivity contribution in [2.75, 3.05) is 26.2 Å². The Morgan fingerprint density at radius 2 is 1.61 bits per heavy atom. The van der Waals surface area contributed by atoms with E-state index in [-0.39, 0.29) is 22.8 Å². The number of hydrogen-bond donors (Lipinski definition) is 1. The minimum absolute atomic E-state index is 0.0171. The largest absolute Gasteiger partial charge is 0.349 e. The van der Waals surface area contributed by atoms with E-state index < -0.39 is 10.0 Å². The van der Waals surface area contributed by atoms with Crippen LogP contribution in [0.1, 0.15) is 59.2 Å². The number of pyridine rings is 1. The molecule has 0 aliphatic carbocycles. The highest BCUT2D eigenvalue weighted by atomic mass is 32.2. The summed E-state index contributed by atoms with van der Waals surface area (Å²) in [5.74, 6) is -0.348. The first-order valence-corrected chi connectivity index (χ1v) is 13.0. The van der Waals surface area contributed by atoms with Crippen LogP contribution in [0.2, 0.25) is 0 Å². The van der Waals surface area contributed by atoms with Gasteiger partial charge in [-0.2, -0.15) is 4.31 Å². The number of aromatic nitrogens is 1. The molecule has 176 valence electrons. The van der Waals surface area contributed by atoms with Crippen LogP contribution in [0.4, 0.5) is 0 Å². The van der Waals surface area contributed by atoms with Gasteiger partial charge in [0.2, 0.25) is 10.0 Å². The fourth-order valence-electron chi connectivity index (χ4n) is 4.40. The van der Waals surface area contributed by atoms with Crippen molar-refractivity contribution < 1.29 is 18.0 Å². The van der Waals surface area contributed by atoms with E-state index in [2.05, 4.69) is 10.3 Å². The first-order chi connectivity index (χ1) is 15.9. The third-order valence-corrected chi connectivity index (χ3v) is 8.22. The normalized spacial score (nSPS) is 18.5. The van der Waals surface area contributed by atoms with Crippen molar-refractivity contribution in [2.24, 2.45) is 0 Å². The number of likely N-dealkylation sites (tertiary alicyclic amines) is 1. The van der Waals surface area contributed by atoms with E-state index in [0.717, 1.165) is 25.7 Å². The fraction of sp³-hybridized carbons (Fsp3) is 0.458. The fourth-order valence-corrected chi connectivity index (χ4v) is 5.96. The molecule has 3 heterocycles. The third kappa shape index (κ3) is 5.59. The molecular weight excluding hydrogens is 440 g/mol. The molecule has 33 heavy (non-hydrogen) atoms. The van der Waals surface area contributed by atoms with Crippen LogP contribution in [-0.2, 0) is 10.0 Å². The molecule has 0 bridgehead atoms. The second-order valence-electron chi connectivity index (χ2n) is 8.63. The molecule has 0 spiro atoms. The summed E-state index contributed by atoms with van der Waals surface area (Å²) in [7, 11) is -3.61. The molecular formula is C24H30N4O4S. The highest BCUT2D eigenvalue weighted by Crippen LogP contribution is 2.22. The summed E-state index contributed by atoms with van der Waals surface area (Å²) >= 11 is 0. The molecule has 1 aromatic heterocycles. The minimum Gasteiger partial charge on any atom is -0.349 e. The number of hydrogen-bond acceptors (Lipinski definition) is 5. The zero-order chi connectivity index (χ0) is 23.3. The quantitative estimate of drug-likeness (QED) is 0.724. The summed E-state index contributed by atoms with van der Waals surface area (Å²) in [6.07, 6.45) is 8.25. The third-order valence-electron chi connectivity index (χ3n) is 6.32. The zero-order valence-corrected chi connectivity index (χ0v) is 19.5. The van der Waals surface area contributed by atoms with E-state index in [1.54, 1.807) is 45.7 Å². The minimum atomic E-state index is -3.61. The number of carbonyl (C=O) groups excluding carboxylic acids is 2. The SMILES string of the molecule is O=C(NC1CCN(C(=O)c2cccc(S(=O)(=O)N3CCCCCC3)c2)CC1)c1cccnc1. The maximum Gasteiger partial charge on any atom is 0.253 e. The molecule has 1 N–H and O–H groups in total. The van der Waals surface area contributed by atoms with Gasteiger partial charge in [-0.3, -0.25) is 14.6 Å². The standard InChI is InChI=1S/C24H30N4O4S/c29-23(20-8-6-12-25-18-20)26-21-10-15-27(16-11-21)24(30)19-7-5-9-22(17-19)33(31,32)28-13-3-1-2-4-14-28/h5-9,12,17-18,21H,1-4,10-11,13-16H2,(H,26,29). The monoisotopic (exact) mass is 470 g/mol. The highest BCUT2D eigenvalue weighted by molar-refractivity contribution is 7.89. The Balaban J connectivity index is 1.37. The number of amides is 2. The van der Waals surface area contributed by atoms with Gasteiger partial charge in [-0.1, -0.05) is 18.9 Å². The van der Waals surface area contributed by atoms with Crippen LogP contribution >= 0.6 is 0 Å². The van der Waals surface area contributed by atoms with E-state index >= 15 is 0 Å². The number of rotatable bonds is 5. The van der Waals surface area contributed by atoms with Gasteiger partial charge in [-0.25, -0.2) is 8.42 Å². The summed E-state index contributed by atoms with van der Waals surface area (Å²) in [4.78, 5) is 31.3. The Morgan fingerprint density at radius 3 is 2.27 bits per heavy atom. The van der Waals surface area contributed by atoms with Gasteiger partial charge < -0.3 is 10.2 Å². The van der Waals surface area contributed by atoms with Crippen LogP contribution in [0.5, 0.6) is 0 Å². The predicted molar refractivity (Wildman–Crippen MR) is 124 cm³/mol. The van der Waals surface area contributed by atoms with E-state index in [4.69, 9.17) is 0 Å². The molecule has 2 amide bonds. The van der Waals surface area contributed by atoms with Gasteiger partial charge in [0.1, 0.15) is 0 Å². The molecule has 8 nitrogen and oxygen atoms in total. The van der Waals surface area contributed by atoms with Crippen LogP contribution in [0.25, 0.3) is 0 Å². The van der Waals surface area contributed by atoms with Crippen molar-refractivity contribution >= 4 is 21.8 Å². The van der Waals surface area contributed by atoms with Crippen LogP contribution in [-0.4, -0.2) is 66.6 Å². The zero-order valence-electron chi connectivity index (χ0n) is 18.7. The van der Waals surface area contributed by atoms with E-state index in [9.17, 15) is 18.0 Å². The van der Waals surface area contributed by atoms with Gasteiger partial charge in [-0.15, -0.1) is 0 Å². The number of nitrogens with one attached hydrogen (secondary N) is 1. The molecule has 2 fully saturated rings. The van der Waals surface area contributed by atoms with Gasteiger partial charge in [0.25, 0.3) is 11.8 Å². The molecule has 2 aromatic rings. The van der Waals surface area contributed by atoms with Crippen molar-refractivity contribution in [2.45, 2.75) is 49.5 Å². The van der Waals surface area contributed by atoms with Gasteiger partial charge in [0.05, 0.1) is 10.5 Å². The van der Waals surface area contributed by atoms with Crippen LogP contribution in [0.15, 0.2) is 53.7 Å². The topological polar surface area (TPSA) is 99.7 Å². The molecule has 9 heteroatoms. The molecule has 0 saturated carbocycles. The summed E-state index contributed by atoms with van der Waals surface area (Å²) in [6, 6.07) is 9.79. The Hall–Kier alpha value is -2.78. The van der Waals surface area contributed by atoms with Gasteiger partial charge >= 0.3 is 0 Å². The van der Waals surface area contributed by atoms with Crippen molar-refractivity contribution in [1.29, 1.82) is 0 Å². The lowest BCUT2D eigenvalue weighted by Gasteiger charge is -2.32. The Morgan fingerprint density at radius 1 is 0.909 bits per heavy atom. The van der Waals surface area contributed by atoms with Gasteiger partial charge in [-0.05, 0) is 56.0 Å². The Bertz CT molecular complexity index is 1070. The smallest absolute Gasteiger partial charge is 0.253 e. The number of sulfonamides is 1. The summed E-state index contributed by atoms with van der Waals surface area (Å²) in [5, 5.41) is 3.00. The molecule has 2 aliphatic rings. The second-order valence-corrected chi connectivity index (χ2v) is 10.6. The molecule has 0 unspecified atom stereocenters. The maximum absolute atomic E-state index is 13.1. The lowest BCUT2D eigenvalue weighted by Crippen LogP contribution is -2.46. The second kappa shape index (κ2) is 10.4. The molecule has 1 aromatic carbocycles. The summed E-state index contributed by atoms with van der Waals surface area (Å²) in [5.41, 5.74) is 0.891. The highest BCUT2D eigenvalue weighted by Gasteiger charge is 2.28. The van der Waals surface area contributed by atoms with E-state index in [1.165, 1.54) is 12.3 Å². The first kappa shape index (κ1) is 23.4.